The number of benzene rings is 2. The second-order valence-corrected chi connectivity index (χ2v) is 5.48. The average Bonchev–Trinajstić information content (AvgIpc) is 2.89. The standard InChI is InChI=1S/C15H12ClNO2S/c1-18-12-7-11-14(8-13(12)19-2)20-17-15(11)9-3-5-10(16)6-4-9/h3-8H,1-2H3. The number of aromatic nitrogens is 1. The van der Waals surface area contributed by atoms with Gasteiger partial charge in [-0.1, -0.05) is 23.7 Å². The maximum atomic E-state index is 5.92. The summed E-state index contributed by atoms with van der Waals surface area (Å²) in [7, 11) is 3.26. The summed E-state index contributed by atoms with van der Waals surface area (Å²) in [6, 6.07) is 11.6. The summed E-state index contributed by atoms with van der Waals surface area (Å²) < 4.78 is 16.3. The zero-order valence-corrected chi connectivity index (χ0v) is 12.6. The van der Waals surface area contributed by atoms with E-state index in [9.17, 15) is 0 Å². The van der Waals surface area contributed by atoms with E-state index in [1.54, 1.807) is 14.2 Å². The summed E-state index contributed by atoms with van der Waals surface area (Å²) in [5.41, 5.74) is 1.97. The van der Waals surface area contributed by atoms with Crippen molar-refractivity contribution in [3.05, 3.63) is 41.4 Å². The molecule has 1 aromatic heterocycles. The number of methoxy groups -OCH3 is 2. The highest BCUT2D eigenvalue weighted by atomic mass is 35.5. The summed E-state index contributed by atoms with van der Waals surface area (Å²) in [5.74, 6) is 1.42. The molecule has 0 aliphatic rings. The Morgan fingerprint density at radius 1 is 1.00 bits per heavy atom. The van der Waals surface area contributed by atoms with Gasteiger partial charge in [-0.05, 0) is 29.7 Å². The molecule has 102 valence electrons. The van der Waals surface area contributed by atoms with Gasteiger partial charge < -0.3 is 9.47 Å². The first-order valence-electron chi connectivity index (χ1n) is 6.00. The van der Waals surface area contributed by atoms with Crippen molar-refractivity contribution < 1.29 is 9.47 Å². The van der Waals surface area contributed by atoms with Crippen molar-refractivity contribution in [1.82, 2.24) is 4.37 Å². The molecule has 3 rings (SSSR count). The fourth-order valence-corrected chi connectivity index (χ4v) is 3.01. The van der Waals surface area contributed by atoms with Crippen molar-refractivity contribution in [1.29, 1.82) is 0 Å². The molecule has 0 saturated carbocycles. The molecule has 0 spiro atoms. The highest BCUT2D eigenvalue weighted by molar-refractivity contribution is 7.13. The highest BCUT2D eigenvalue weighted by Crippen LogP contribution is 2.38. The van der Waals surface area contributed by atoms with Crippen molar-refractivity contribution in [2.24, 2.45) is 0 Å². The number of hydrogen-bond acceptors (Lipinski definition) is 4. The smallest absolute Gasteiger partial charge is 0.162 e. The third kappa shape index (κ3) is 2.21. The lowest BCUT2D eigenvalue weighted by molar-refractivity contribution is 0.356. The van der Waals surface area contributed by atoms with E-state index in [1.165, 1.54) is 11.5 Å². The van der Waals surface area contributed by atoms with Gasteiger partial charge in [-0.3, -0.25) is 0 Å². The van der Waals surface area contributed by atoms with Crippen LogP contribution in [0.25, 0.3) is 21.3 Å². The minimum absolute atomic E-state index is 0.704. The minimum Gasteiger partial charge on any atom is -0.493 e. The number of nitrogens with zero attached hydrogens (tertiary/aromatic N) is 1. The van der Waals surface area contributed by atoms with Crippen molar-refractivity contribution in [2.45, 2.75) is 0 Å². The Labute approximate surface area is 125 Å². The van der Waals surface area contributed by atoms with Gasteiger partial charge in [0.1, 0.15) is 0 Å². The van der Waals surface area contributed by atoms with Crippen molar-refractivity contribution in [3.63, 3.8) is 0 Å². The van der Waals surface area contributed by atoms with E-state index in [0.29, 0.717) is 16.5 Å². The Hall–Kier alpha value is -1.78. The van der Waals surface area contributed by atoms with Gasteiger partial charge in [0.15, 0.2) is 11.5 Å². The van der Waals surface area contributed by atoms with E-state index >= 15 is 0 Å². The fraction of sp³-hybridized carbons (Fsp3) is 0.133. The number of ether oxygens (including phenoxy) is 2. The molecule has 0 unspecified atom stereocenters. The second kappa shape index (κ2) is 5.31. The lowest BCUT2D eigenvalue weighted by Gasteiger charge is -2.07. The van der Waals surface area contributed by atoms with Gasteiger partial charge in [-0.2, -0.15) is 4.37 Å². The highest BCUT2D eigenvalue weighted by Gasteiger charge is 2.13. The summed E-state index contributed by atoms with van der Waals surface area (Å²) in [5, 5.41) is 1.77. The van der Waals surface area contributed by atoms with E-state index in [4.69, 9.17) is 21.1 Å². The topological polar surface area (TPSA) is 31.4 Å². The molecule has 0 radical (unpaired) electrons. The van der Waals surface area contributed by atoms with Gasteiger partial charge in [-0.15, -0.1) is 0 Å². The molecule has 0 saturated heterocycles. The van der Waals surface area contributed by atoms with Crippen LogP contribution in [-0.2, 0) is 0 Å². The Morgan fingerprint density at radius 3 is 2.30 bits per heavy atom. The third-order valence-electron chi connectivity index (χ3n) is 3.09. The molecular formula is C15H12ClNO2S. The van der Waals surface area contributed by atoms with Gasteiger partial charge in [0, 0.05) is 22.0 Å². The SMILES string of the molecule is COc1cc2snc(-c3ccc(Cl)cc3)c2cc1OC. The number of halogens is 1. The summed E-state index contributed by atoms with van der Waals surface area (Å²) in [6.45, 7) is 0. The molecule has 0 N–H and O–H groups in total. The maximum Gasteiger partial charge on any atom is 0.162 e. The van der Waals surface area contributed by atoms with Crippen LogP contribution in [0.15, 0.2) is 36.4 Å². The van der Waals surface area contributed by atoms with Crippen LogP contribution in [0.4, 0.5) is 0 Å². The number of rotatable bonds is 3. The van der Waals surface area contributed by atoms with Crippen LogP contribution in [0.2, 0.25) is 5.02 Å². The molecule has 20 heavy (non-hydrogen) atoms. The molecule has 5 heteroatoms. The molecule has 0 fully saturated rings. The molecule has 0 bridgehead atoms. The van der Waals surface area contributed by atoms with Crippen molar-refractivity contribution >= 4 is 33.2 Å². The first-order chi connectivity index (χ1) is 9.72. The van der Waals surface area contributed by atoms with Crippen LogP contribution < -0.4 is 9.47 Å². The zero-order chi connectivity index (χ0) is 14.1. The van der Waals surface area contributed by atoms with Crippen LogP contribution in [0.3, 0.4) is 0 Å². The lowest BCUT2D eigenvalue weighted by Crippen LogP contribution is -1.89. The fourth-order valence-electron chi connectivity index (χ4n) is 2.08. The molecule has 3 aromatic rings. The molecular weight excluding hydrogens is 294 g/mol. The Balaban J connectivity index is 2.20. The third-order valence-corrected chi connectivity index (χ3v) is 4.15. The Bertz CT molecular complexity index is 752. The van der Waals surface area contributed by atoms with Gasteiger partial charge >= 0.3 is 0 Å². The molecule has 0 aliphatic carbocycles. The average molecular weight is 306 g/mol. The quantitative estimate of drug-likeness (QED) is 0.706. The van der Waals surface area contributed by atoms with Crippen LogP contribution >= 0.6 is 23.1 Å². The van der Waals surface area contributed by atoms with Crippen LogP contribution in [0.1, 0.15) is 0 Å². The molecule has 3 nitrogen and oxygen atoms in total. The van der Waals surface area contributed by atoms with E-state index < -0.39 is 0 Å². The van der Waals surface area contributed by atoms with Crippen LogP contribution in [0, 0.1) is 0 Å². The van der Waals surface area contributed by atoms with Gasteiger partial charge in [0.05, 0.1) is 24.6 Å². The predicted molar refractivity (Wildman–Crippen MR) is 83.2 cm³/mol. The second-order valence-electron chi connectivity index (χ2n) is 4.24. The van der Waals surface area contributed by atoms with Crippen LogP contribution in [0.5, 0.6) is 11.5 Å². The summed E-state index contributed by atoms with van der Waals surface area (Å²) in [6.07, 6.45) is 0. The maximum absolute atomic E-state index is 5.92. The van der Waals surface area contributed by atoms with E-state index in [1.807, 2.05) is 36.4 Å². The zero-order valence-electron chi connectivity index (χ0n) is 11.0. The van der Waals surface area contributed by atoms with Crippen molar-refractivity contribution in [2.75, 3.05) is 14.2 Å². The molecule has 2 aromatic carbocycles. The first kappa shape index (κ1) is 13.2. The molecule has 0 aliphatic heterocycles. The largest absolute Gasteiger partial charge is 0.493 e. The van der Waals surface area contributed by atoms with E-state index in [-0.39, 0.29) is 0 Å². The Kier molecular flexibility index (Phi) is 3.51. The molecule has 1 heterocycles. The molecule has 0 atom stereocenters. The van der Waals surface area contributed by atoms with E-state index in [2.05, 4.69) is 4.37 Å². The van der Waals surface area contributed by atoms with Gasteiger partial charge in [0.25, 0.3) is 0 Å². The lowest BCUT2D eigenvalue weighted by atomic mass is 10.1. The van der Waals surface area contributed by atoms with Gasteiger partial charge in [-0.25, -0.2) is 0 Å². The number of fused-ring (bicyclic) bond motifs is 1. The van der Waals surface area contributed by atoms with E-state index in [0.717, 1.165) is 21.3 Å². The molecule has 0 amide bonds. The van der Waals surface area contributed by atoms with Crippen molar-refractivity contribution in [3.8, 4) is 22.8 Å². The van der Waals surface area contributed by atoms with Crippen LogP contribution in [-0.4, -0.2) is 18.6 Å². The normalized spacial score (nSPS) is 10.8. The summed E-state index contributed by atoms with van der Waals surface area (Å²) in [4.78, 5) is 0. The van der Waals surface area contributed by atoms with Gasteiger partial charge in [0.2, 0.25) is 0 Å². The minimum atomic E-state index is 0.704. The number of hydrogen-bond donors (Lipinski definition) is 0. The first-order valence-corrected chi connectivity index (χ1v) is 7.15. The monoisotopic (exact) mass is 305 g/mol. The summed E-state index contributed by atoms with van der Waals surface area (Å²) >= 11 is 7.37. The predicted octanol–water partition coefficient (Wildman–Crippen LogP) is 4.63. The Morgan fingerprint density at radius 2 is 1.65 bits per heavy atom.